The largest absolute Gasteiger partial charge is 0.330 e. The molecule has 15 heavy (non-hydrogen) atoms. The Bertz CT molecular complexity index is 474. The average molecular weight is 221 g/mol. The van der Waals surface area contributed by atoms with E-state index in [-0.39, 0.29) is 0 Å². The first-order valence-electron chi connectivity index (χ1n) is 4.89. The smallest absolute Gasteiger partial charge is 0.0954 e. The third-order valence-corrected chi connectivity index (χ3v) is 2.82. The number of aromatic nitrogens is 2. The van der Waals surface area contributed by atoms with Crippen molar-refractivity contribution in [3.63, 3.8) is 0 Å². The van der Waals surface area contributed by atoms with Crippen LogP contribution in [0.25, 0.3) is 0 Å². The van der Waals surface area contributed by atoms with Crippen LogP contribution in [0.2, 0.25) is 5.02 Å². The lowest BCUT2D eigenvalue weighted by Gasteiger charge is -2.05. The first-order chi connectivity index (χ1) is 7.16. The van der Waals surface area contributed by atoms with Gasteiger partial charge in [-0.25, -0.2) is 4.98 Å². The second kappa shape index (κ2) is 4.07. The summed E-state index contributed by atoms with van der Waals surface area (Å²) in [6.45, 7) is 4.92. The zero-order chi connectivity index (χ0) is 10.8. The number of nitrogens with zero attached hydrogens (tertiary/aromatic N) is 2. The molecule has 0 bridgehead atoms. The van der Waals surface area contributed by atoms with Gasteiger partial charge in [0.15, 0.2) is 0 Å². The Balaban J connectivity index is 2.26. The molecular weight excluding hydrogens is 208 g/mol. The highest BCUT2D eigenvalue weighted by molar-refractivity contribution is 6.30. The van der Waals surface area contributed by atoms with Crippen molar-refractivity contribution in [1.29, 1.82) is 0 Å². The van der Waals surface area contributed by atoms with Gasteiger partial charge in [0, 0.05) is 17.3 Å². The van der Waals surface area contributed by atoms with Crippen molar-refractivity contribution in [3.05, 3.63) is 52.6 Å². The van der Waals surface area contributed by atoms with Crippen LogP contribution >= 0.6 is 11.6 Å². The predicted octanol–water partition coefficient (Wildman–Crippen LogP) is 3.20. The van der Waals surface area contributed by atoms with E-state index in [2.05, 4.69) is 22.5 Å². The van der Waals surface area contributed by atoms with E-state index in [9.17, 15) is 0 Å². The molecule has 3 heteroatoms. The maximum absolute atomic E-state index is 5.93. The number of benzene rings is 1. The molecule has 0 spiro atoms. The maximum Gasteiger partial charge on any atom is 0.0954 e. The molecule has 1 aromatic carbocycles. The average Bonchev–Trinajstić information content (AvgIpc) is 2.50. The molecule has 0 aliphatic carbocycles. The van der Waals surface area contributed by atoms with Gasteiger partial charge in [-0.15, -0.1) is 0 Å². The number of hydrogen-bond acceptors (Lipinski definition) is 1. The summed E-state index contributed by atoms with van der Waals surface area (Å²) in [5.74, 6) is 0. The van der Waals surface area contributed by atoms with Gasteiger partial charge in [-0.1, -0.05) is 23.7 Å². The first kappa shape index (κ1) is 10.2. The zero-order valence-corrected chi connectivity index (χ0v) is 9.62. The fourth-order valence-corrected chi connectivity index (χ4v) is 1.75. The number of aryl methyl sites for hydroxylation is 1. The van der Waals surface area contributed by atoms with Gasteiger partial charge in [-0.05, 0) is 31.5 Å². The Kier molecular flexibility index (Phi) is 2.78. The summed E-state index contributed by atoms with van der Waals surface area (Å²) in [7, 11) is 0. The molecule has 2 rings (SSSR count). The van der Waals surface area contributed by atoms with E-state index >= 15 is 0 Å². The fraction of sp³-hybridized carbons (Fsp3) is 0.250. The van der Waals surface area contributed by atoms with Crippen molar-refractivity contribution in [3.8, 4) is 0 Å². The van der Waals surface area contributed by atoms with Crippen molar-refractivity contribution < 1.29 is 0 Å². The first-order valence-corrected chi connectivity index (χ1v) is 5.27. The van der Waals surface area contributed by atoms with E-state index in [0.717, 1.165) is 17.3 Å². The minimum Gasteiger partial charge on any atom is -0.330 e. The van der Waals surface area contributed by atoms with E-state index < -0.39 is 0 Å². The maximum atomic E-state index is 5.93. The van der Waals surface area contributed by atoms with Gasteiger partial charge in [0.2, 0.25) is 0 Å². The standard InChI is InChI=1S/C12H13ClN2/c1-9-10(2)15(8-14-9)7-11-4-3-5-12(13)6-11/h3-6,8H,7H2,1-2H3. The van der Waals surface area contributed by atoms with Crippen molar-refractivity contribution >= 4 is 11.6 Å². The quantitative estimate of drug-likeness (QED) is 0.760. The Morgan fingerprint density at radius 1 is 1.33 bits per heavy atom. The third-order valence-electron chi connectivity index (χ3n) is 2.59. The predicted molar refractivity (Wildman–Crippen MR) is 62.3 cm³/mol. The lowest BCUT2D eigenvalue weighted by molar-refractivity contribution is 0.769. The van der Waals surface area contributed by atoms with E-state index in [4.69, 9.17) is 11.6 Å². The van der Waals surface area contributed by atoms with Crippen LogP contribution in [0.3, 0.4) is 0 Å². The number of rotatable bonds is 2. The molecule has 0 saturated carbocycles. The van der Waals surface area contributed by atoms with Crippen LogP contribution < -0.4 is 0 Å². The van der Waals surface area contributed by atoms with Gasteiger partial charge < -0.3 is 4.57 Å². The van der Waals surface area contributed by atoms with E-state index in [1.54, 1.807) is 0 Å². The summed E-state index contributed by atoms with van der Waals surface area (Å²) in [6.07, 6.45) is 1.87. The topological polar surface area (TPSA) is 17.8 Å². The van der Waals surface area contributed by atoms with Gasteiger partial charge >= 0.3 is 0 Å². The lowest BCUT2D eigenvalue weighted by Crippen LogP contribution is -2.00. The fourth-order valence-electron chi connectivity index (χ4n) is 1.54. The molecule has 0 unspecified atom stereocenters. The van der Waals surface area contributed by atoms with Crippen molar-refractivity contribution in [2.45, 2.75) is 20.4 Å². The Morgan fingerprint density at radius 2 is 2.13 bits per heavy atom. The molecule has 0 aliphatic rings. The molecule has 2 aromatic rings. The van der Waals surface area contributed by atoms with Crippen LogP contribution in [0.4, 0.5) is 0 Å². The monoisotopic (exact) mass is 220 g/mol. The molecule has 0 atom stereocenters. The van der Waals surface area contributed by atoms with Crippen LogP contribution in [0.5, 0.6) is 0 Å². The Morgan fingerprint density at radius 3 is 2.73 bits per heavy atom. The van der Waals surface area contributed by atoms with Crippen LogP contribution in [0, 0.1) is 13.8 Å². The summed E-state index contributed by atoms with van der Waals surface area (Å²) in [6, 6.07) is 7.91. The molecule has 0 aliphatic heterocycles. The van der Waals surface area contributed by atoms with Crippen molar-refractivity contribution in [2.24, 2.45) is 0 Å². The molecule has 0 radical (unpaired) electrons. The van der Waals surface area contributed by atoms with Crippen LogP contribution in [0.1, 0.15) is 17.0 Å². The minimum atomic E-state index is 0.780. The molecular formula is C12H13ClN2. The summed E-state index contributed by atoms with van der Waals surface area (Å²) in [4.78, 5) is 4.26. The third kappa shape index (κ3) is 2.21. The van der Waals surface area contributed by atoms with Gasteiger partial charge in [0.05, 0.1) is 12.0 Å². The molecule has 0 amide bonds. The second-order valence-electron chi connectivity index (χ2n) is 3.67. The molecule has 1 aromatic heterocycles. The number of halogens is 1. The molecule has 1 heterocycles. The van der Waals surface area contributed by atoms with Crippen molar-refractivity contribution in [1.82, 2.24) is 9.55 Å². The number of hydrogen-bond donors (Lipinski definition) is 0. The minimum absolute atomic E-state index is 0.780. The van der Waals surface area contributed by atoms with Gasteiger partial charge in [0.25, 0.3) is 0 Å². The zero-order valence-electron chi connectivity index (χ0n) is 8.87. The molecule has 2 nitrogen and oxygen atoms in total. The second-order valence-corrected chi connectivity index (χ2v) is 4.11. The summed E-state index contributed by atoms with van der Waals surface area (Å²) >= 11 is 5.93. The Labute approximate surface area is 94.5 Å². The highest BCUT2D eigenvalue weighted by Crippen LogP contribution is 2.13. The van der Waals surface area contributed by atoms with Crippen LogP contribution in [-0.2, 0) is 6.54 Å². The summed E-state index contributed by atoms with van der Waals surface area (Å²) in [5.41, 5.74) is 3.48. The van der Waals surface area contributed by atoms with Gasteiger partial charge in [-0.2, -0.15) is 0 Å². The molecule has 78 valence electrons. The van der Waals surface area contributed by atoms with Crippen LogP contribution in [0.15, 0.2) is 30.6 Å². The summed E-state index contributed by atoms with van der Waals surface area (Å²) < 4.78 is 2.13. The van der Waals surface area contributed by atoms with Gasteiger partial charge in [0.1, 0.15) is 0 Å². The number of imidazole rings is 1. The van der Waals surface area contributed by atoms with Gasteiger partial charge in [-0.3, -0.25) is 0 Å². The molecule has 0 saturated heterocycles. The van der Waals surface area contributed by atoms with E-state index in [0.29, 0.717) is 0 Å². The highest BCUT2D eigenvalue weighted by atomic mass is 35.5. The molecule has 0 fully saturated rings. The van der Waals surface area contributed by atoms with Crippen LogP contribution in [-0.4, -0.2) is 9.55 Å². The van der Waals surface area contributed by atoms with E-state index in [1.165, 1.54) is 11.3 Å². The lowest BCUT2D eigenvalue weighted by atomic mass is 10.2. The Hall–Kier alpha value is -1.28. The molecule has 0 N–H and O–H groups in total. The SMILES string of the molecule is Cc1ncn(Cc2cccc(Cl)c2)c1C. The normalized spacial score (nSPS) is 10.6. The summed E-state index contributed by atoms with van der Waals surface area (Å²) in [5, 5.41) is 0.780. The van der Waals surface area contributed by atoms with Crippen molar-refractivity contribution in [2.75, 3.05) is 0 Å². The highest BCUT2D eigenvalue weighted by Gasteiger charge is 2.02. The van der Waals surface area contributed by atoms with E-state index in [1.807, 2.05) is 31.5 Å².